The second-order valence-electron chi connectivity index (χ2n) is 5.34. The summed E-state index contributed by atoms with van der Waals surface area (Å²) in [6.07, 6.45) is 0. The van der Waals surface area contributed by atoms with Crippen LogP contribution in [0.1, 0.15) is 43.9 Å². The number of nitrogens with one attached hydrogen (secondary N) is 1. The van der Waals surface area contributed by atoms with Gasteiger partial charge in [-0.25, -0.2) is 0 Å². The van der Waals surface area contributed by atoms with Crippen LogP contribution >= 0.6 is 0 Å². The normalized spacial score (nSPS) is 24.1. The molecular formula is C15H22N2O. The molecule has 2 atom stereocenters. The molecule has 2 rings (SSSR count). The molecule has 0 fully saturated rings. The molecule has 0 bridgehead atoms. The summed E-state index contributed by atoms with van der Waals surface area (Å²) < 4.78 is 0. The summed E-state index contributed by atoms with van der Waals surface area (Å²) in [7, 11) is 1.86. The molecule has 1 heterocycles. The summed E-state index contributed by atoms with van der Waals surface area (Å²) in [6, 6.07) is 8.29. The Morgan fingerprint density at radius 3 is 2.44 bits per heavy atom. The van der Waals surface area contributed by atoms with Gasteiger partial charge in [-0.2, -0.15) is 0 Å². The van der Waals surface area contributed by atoms with Crippen molar-refractivity contribution in [2.45, 2.75) is 38.8 Å². The molecule has 1 amide bonds. The summed E-state index contributed by atoms with van der Waals surface area (Å²) in [6.45, 7) is 7.14. The molecule has 3 nitrogen and oxygen atoms in total. The van der Waals surface area contributed by atoms with Crippen molar-refractivity contribution in [1.29, 1.82) is 0 Å². The SMILES string of the molecule is CNC1C(=O)N(C(C)C)CC(C)c2ccccc21. The van der Waals surface area contributed by atoms with Gasteiger partial charge in [0.1, 0.15) is 6.04 Å². The third kappa shape index (κ3) is 2.15. The van der Waals surface area contributed by atoms with Crippen molar-refractivity contribution in [3.63, 3.8) is 0 Å². The number of benzene rings is 1. The third-order valence-corrected chi connectivity index (χ3v) is 3.75. The fourth-order valence-corrected chi connectivity index (χ4v) is 2.75. The van der Waals surface area contributed by atoms with Gasteiger partial charge in [0, 0.05) is 12.6 Å². The quantitative estimate of drug-likeness (QED) is 0.868. The average molecular weight is 246 g/mol. The van der Waals surface area contributed by atoms with E-state index in [9.17, 15) is 4.79 Å². The standard InChI is InChI=1S/C15H22N2O/c1-10(2)17-9-11(3)12-7-5-6-8-13(12)14(16-4)15(17)18/h5-8,10-11,14,16H,9H2,1-4H3. The minimum Gasteiger partial charge on any atom is -0.338 e. The van der Waals surface area contributed by atoms with E-state index in [-0.39, 0.29) is 18.0 Å². The summed E-state index contributed by atoms with van der Waals surface area (Å²) >= 11 is 0. The minimum atomic E-state index is -0.214. The van der Waals surface area contributed by atoms with Crippen molar-refractivity contribution >= 4 is 5.91 Å². The van der Waals surface area contributed by atoms with Gasteiger partial charge in [-0.3, -0.25) is 4.79 Å². The second kappa shape index (κ2) is 5.11. The van der Waals surface area contributed by atoms with Gasteiger partial charge in [0.15, 0.2) is 0 Å². The molecule has 0 radical (unpaired) electrons. The lowest BCUT2D eigenvalue weighted by molar-refractivity contribution is -0.135. The second-order valence-corrected chi connectivity index (χ2v) is 5.34. The third-order valence-electron chi connectivity index (χ3n) is 3.75. The molecule has 3 heteroatoms. The van der Waals surface area contributed by atoms with Crippen LogP contribution in [0.3, 0.4) is 0 Å². The van der Waals surface area contributed by atoms with Crippen LogP contribution in [0, 0.1) is 0 Å². The van der Waals surface area contributed by atoms with Crippen molar-refractivity contribution in [2.75, 3.05) is 13.6 Å². The highest BCUT2D eigenvalue weighted by Crippen LogP contribution is 2.31. The van der Waals surface area contributed by atoms with Crippen LogP contribution in [0.15, 0.2) is 24.3 Å². The largest absolute Gasteiger partial charge is 0.338 e. The summed E-state index contributed by atoms with van der Waals surface area (Å²) in [5, 5.41) is 3.16. The highest BCUT2D eigenvalue weighted by molar-refractivity contribution is 5.84. The highest BCUT2D eigenvalue weighted by Gasteiger charge is 2.33. The Morgan fingerprint density at radius 2 is 1.89 bits per heavy atom. The van der Waals surface area contributed by atoms with E-state index in [4.69, 9.17) is 0 Å². The van der Waals surface area contributed by atoms with Crippen LogP contribution in [0.4, 0.5) is 0 Å². The van der Waals surface area contributed by atoms with E-state index in [0.717, 1.165) is 12.1 Å². The number of fused-ring (bicyclic) bond motifs is 1. The maximum atomic E-state index is 12.6. The molecular weight excluding hydrogens is 224 g/mol. The van der Waals surface area contributed by atoms with Gasteiger partial charge in [-0.05, 0) is 37.9 Å². The number of hydrogen-bond donors (Lipinski definition) is 1. The number of carbonyl (C=O) groups is 1. The van der Waals surface area contributed by atoms with E-state index >= 15 is 0 Å². The van der Waals surface area contributed by atoms with E-state index in [1.54, 1.807) is 0 Å². The first-order chi connectivity index (χ1) is 8.56. The Morgan fingerprint density at radius 1 is 1.28 bits per heavy atom. The molecule has 1 aliphatic rings. The van der Waals surface area contributed by atoms with E-state index in [1.165, 1.54) is 5.56 Å². The summed E-state index contributed by atoms with van der Waals surface area (Å²) in [4.78, 5) is 14.6. The predicted octanol–water partition coefficient (Wildman–Crippen LogP) is 2.30. The summed E-state index contributed by atoms with van der Waals surface area (Å²) in [5.74, 6) is 0.565. The van der Waals surface area contributed by atoms with Crippen molar-refractivity contribution in [1.82, 2.24) is 10.2 Å². The van der Waals surface area contributed by atoms with Crippen LogP contribution in [-0.2, 0) is 4.79 Å². The Kier molecular flexibility index (Phi) is 3.71. The fourth-order valence-electron chi connectivity index (χ4n) is 2.75. The zero-order valence-electron chi connectivity index (χ0n) is 11.6. The van der Waals surface area contributed by atoms with E-state index < -0.39 is 0 Å². The van der Waals surface area contributed by atoms with Crippen molar-refractivity contribution in [2.24, 2.45) is 0 Å². The van der Waals surface area contributed by atoms with E-state index in [0.29, 0.717) is 5.92 Å². The molecule has 1 aromatic carbocycles. The van der Waals surface area contributed by atoms with Gasteiger partial charge < -0.3 is 10.2 Å². The first-order valence-electron chi connectivity index (χ1n) is 6.62. The lowest BCUT2D eigenvalue weighted by Crippen LogP contribution is -2.43. The Bertz CT molecular complexity index is 442. The van der Waals surface area contributed by atoms with Crippen LogP contribution in [0.5, 0.6) is 0 Å². The number of carbonyl (C=O) groups excluding carboxylic acids is 1. The number of rotatable bonds is 2. The zero-order valence-corrected chi connectivity index (χ0v) is 11.6. The molecule has 0 saturated carbocycles. The molecule has 0 aliphatic carbocycles. The van der Waals surface area contributed by atoms with Gasteiger partial charge in [-0.1, -0.05) is 31.2 Å². The van der Waals surface area contributed by atoms with Gasteiger partial charge in [0.05, 0.1) is 0 Å². The van der Waals surface area contributed by atoms with Crippen molar-refractivity contribution < 1.29 is 4.79 Å². The molecule has 1 aromatic rings. The van der Waals surface area contributed by atoms with Crippen molar-refractivity contribution in [3.05, 3.63) is 35.4 Å². The van der Waals surface area contributed by atoms with Crippen LogP contribution in [0.25, 0.3) is 0 Å². The maximum Gasteiger partial charge on any atom is 0.244 e. The van der Waals surface area contributed by atoms with Gasteiger partial charge in [-0.15, -0.1) is 0 Å². The number of amides is 1. The number of hydrogen-bond acceptors (Lipinski definition) is 2. The fraction of sp³-hybridized carbons (Fsp3) is 0.533. The van der Waals surface area contributed by atoms with Gasteiger partial charge in [0.25, 0.3) is 0 Å². The molecule has 0 saturated heterocycles. The monoisotopic (exact) mass is 246 g/mol. The molecule has 0 aromatic heterocycles. The molecule has 1 aliphatic heterocycles. The van der Waals surface area contributed by atoms with Crippen molar-refractivity contribution in [3.8, 4) is 0 Å². The summed E-state index contributed by atoms with van der Waals surface area (Å²) in [5.41, 5.74) is 2.41. The van der Waals surface area contributed by atoms with Crippen LogP contribution < -0.4 is 5.32 Å². The van der Waals surface area contributed by atoms with Gasteiger partial charge in [0.2, 0.25) is 5.91 Å². The number of likely N-dealkylation sites (N-methyl/N-ethyl adjacent to an activating group) is 1. The van der Waals surface area contributed by atoms with Crippen LogP contribution in [0.2, 0.25) is 0 Å². The lowest BCUT2D eigenvalue weighted by Gasteiger charge is -2.29. The topological polar surface area (TPSA) is 32.3 Å². The number of nitrogens with zero attached hydrogens (tertiary/aromatic N) is 1. The predicted molar refractivity (Wildman–Crippen MR) is 73.5 cm³/mol. The Hall–Kier alpha value is -1.35. The first kappa shape index (κ1) is 13.1. The zero-order chi connectivity index (χ0) is 13.3. The lowest BCUT2D eigenvalue weighted by atomic mass is 9.93. The first-order valence-corrected chi connectivity index (χ1v) is 6.62. The Labute approximate surface area is 109 Å². The Balaban J connectivity index is 2.49. The average Bonchev–Trinajstić information content (AvgIpc) is 2.46. The molecule has 98 valence electrons. The molecule has 2 unspecified atom stereocenters. The van der Waals surface area contributed by atoms with E-state index in [1.807, 2.05) is 18.0 Å². The highest BCUT2D eigenvalue weighted by atomic mass is 16.2. The van der Waals surface area contributed by atoms with Crippen LogP contribution in [-0.4, -0.2) is 30.4 Å². The smallest absolute Gasteiger partial charge is 0.244 e. The molecule has 18 heavy (non-hydrogen) atoms. The molecule has 0 spiro atoms. The van der Waals surface area contributed by atoms with Gasteiger partial charge >= 0.3 is 0 Å². The minimum absolute atomic E-state index is 0.185. The molecule has 1 N–H and O–H groups in total. The maximum absolute atomic E-state index is 12.6. The van der Waals surface area contributed by atoms with E-state index in [2.05, 4.69) is 44.3 Å².